The molecule has 0 heterocycles. The number of hydrogen-bond acceptors (Lipinski definition) is 3. The van der Waals surface area contributed by atoms with Gasteiger partial charge in [0, 0.05) is 6.42 Å². The maximum absolute atomic E-state index is 9.46. The Morgan fingerprint density at radius 2 is 2.10 bits per heavy atom. The number of nitrogens with two attached hydrogens (primary N) is 1. The van der Waals surface area contributed by atoms with Gasteiger partial charge >= 0.3 is 6.09 Å². The van der Waals surface area contributed by atoms with Gasteiger partial charge in [0.25, 0.3) is 0 Å². The molecule has 0 saturated carbocycles. The van der Waals surface area contributed by atoms with Gasteiger partial charge in [-0.1, -0.05) is 0 Å². The molecule has 1 unspecified atom stereocenters. The number of hydrogen-bond donors (Lipinski definition) is 3. The van der Waals surface area contributed by atoms with Crippen molar-refractivity contribution in [2.45, 2.75) is 19.4 Å². The molecule has 10 heavy (non-hydrogen) atoms. The molecule has 4 N–H and O–H groups in total. The third-order valence-electron chi connectivity index (χ3n) is 0.437. The van der Waals surface area contributed by atoms with Crippen molar-refractivity contribution >= 4 is 12.4 Å². The molecule has 0 aliphatic heterocycles. The molecule has 5 heteroatoms. The summed E-state index contributed by atoms with van der Waals surface area (Å²) in [5.74, 6) is 0. The van der Waals surface area contributed by atoms with Crippen LogP contribution < -0.4 is 5.73 Å². The molecule has 0 saturated heterocycles. The zero-order chi connectivity index (χ0) is 8.57. The third-order valence-corrected chi connectivity index (χ3v) is 0.437. The lowest BCUT2D eigenvalue weighted by Crippen LogP contribution is -2.03. The normalized spacial score (nSPS) is 10.6. The molecular formula is C5H11NO4. The van der Waals surface area contributed by atoms with Crippen LogP contribution in [0.25, 0.3) is 0 Å². The van der Waals surface area contributed by atoms with E-state index in [1.54, 1.807) is 6.92 Å². The van der Waals surface area contributed by atoms with Gasteiger partial charge in [-0.25, -0.2) is 4.79 Å². The van der Waals surface area contributed by atoms with E-state index in [0.717, 1.165) is 0 Å². The smallest absolute Gasteiger partial charge is 0.402 e. The lowest BCUT2D eigenvalue weighted by atomic mass is 10.3. The average molecular weight is 149 g/mol. The summed E-state index contributed by atoms with van der Waals surface area (Å²) in [6.07, 6.45) is -0.854. The number of rotatable bonds is 2. The van der Waals surface area contributed by atoms with Gasteiger partial charge in [-0.2, -0.15) is 0 Å². The second-order valence-corrected chi connectivity index (χ2v) is 1.59. The molecule has 0 aromatic heterocycles. The van der Waals surface area contributed by atoms with Crippen molar-refractivity contribution < 1.29 is 19.8 Å². The van der Waals surface area contributed by atoms with E-state index >= 15 is 0 Å². The summed E-state index contributed by atoms with van der Waals surface area (Å²) in [6.45, 7) is 1.58. The molecule has 0 bridgehead atoms. The van der Waals surface area contributed by atoms with Gasteiger partial charge in [0.1, 0.15) is 6.29 Å². The quantitative estimate of drug-likeness (QED) is 0.464. The van der Waals surface area contributed by atoms with Gasteiger partial charge in [0.2, 0.25) is 0 Å². The monoisotopic (exact) mass is 149 g/mol. The van der Waals surface area contributed by atoms with Crippen molar-refractivity contribution in [2.75, 3.05) is 0 Å². The molecule has 1 atom stereocenters. The number of primary amides is 1. The second-order valence-electron chi connectivity index (χ2n) is 1.59. The number of aliphatic hydroxyl groups is 1. The molecule has 0 aromatic rings. The summed E-state index contributed by atoms with van der Waals surface area (Å²) in [4.78, 5) is 18.2. The molecule has 0 rings (SSSR count). The number of aldehydes is 1. The number of carbonyl (C=O) groups is 2. The fraction of sp³-hybridized carbons (Fsp3) is 0.600. The average Bonchev–Trinajstić information content (AvgIpc) is 1.62. The van der Waals surface area contributed by atoms with Crippen LogP contribution in [0, 0.1) is 0 Å². The summed E-state index contributed by atoms with van der Waals surface area (Å²) >= 11 is 0. The van der Waals surface area contributed by atoms with E-state index in [1.807, 2.05) is 0 Å². The van der Waals surface area contributed by atoms with Crippen molar-refractivity contribution in [3.8, 4) is 0 Å². The summed E-state index contributed by atoms with van der Waals surface area (Å²) in [6, 6.07) is 0. The van der Waals surface area contributed by atoms with Crippen molar-refractivity contribution in [2.24, 2.45) is 5.73 Å². The van der Waals surface area contributed by atoms with Crippen LogP contribution in [0.5, 0.6) is 0 Å². The van der Waals surface area contributed by atoms with Crippen LogP contribution >= 0.6 is 0 Å². The van der Waals surface area contributed by atoms with Crippen LogP contribution in [-0.4, -0.2) is 28.7 Å². The predicted octanol–water partition coefficient (Wildman–Crippen LogP) is -0.421. The van der Waals surface area contributed by atoms with E-state index in [2.05, 4.69) is 5.73 Å². The van der Waals surface area contributed by atoms with E-state index in [-0.39, 0.29) is 6.42 Å². The van der Waals surface area contributed by atoms with Crippen LogP contribution in [0.1, 0.15) is 13.3 Å². The SMILES string of the molecule is CC(O)CC=O.NC(=O)O. The van der Waals surface area contributed by atoms with Gasteiger partial charge in [-0.05, 0) is 6.92 Å². The predicted molar refractivity (Wildman–Crippen MR) is 34.6 cm³/mol. The van der Waals surface area contributed by atoms with Crippen LogP contribution in [0.2, 0.25) is 0 Å². The number of carboxylic acid groups (broad SMARTS) is 1. The molecular weight excluding hydrogens is 138 g/mol. The molecule has 0 aliphatic rings. The van der Waals surface area contributed by atoms with Gasteiger partial charge in [-0.3, -0.25) is 0 Å². The summed E-state index contributed by atoms with van der Waals surface area (Å²) in [5, 5.41) is 15.5. The number of amides is 1. The Hall–Kier alpha value is -1.10. The zero-order valence-corrected chi connectivity index (χ0v) is 5.65. The van der Waals surface area contributed by atoms with Crippen LogP contribution in [0.4, 0.5) is 4.79 Å². The molecule has 60 valence electrons. The fourth-order valence-electron chi connectivity index (χ4n) is 0.139. The Labute approximate surface area is 58.5 Å². The van der Waals surface area contributed by atoms with Crippen LogP contribution in [-0.2, 0) is 4.79 Å². The second kappa shape index (κ2) is 7.90. The topological polar surface area (TPSA) is 101 Å². The zero-order valence-electron chi connectivity index (χ0n) is 5.65. The van der Waals surface area contributed by atoms with E-state index in [0.29, 0.717) is 6.29 Å². The van der Waals surface area contributed by atoms with Gasteiger partial charge in [0.05, 0.1) is 6.10 Å². The Morgan fingerprint density at radius 1 is 1.80 bits per heavy atom. The highest BCUT2D eigenvalue weighted by Crippen LogP contribution is 1.80. The van der Waals surface area contributed by atoms with Crippen molar-refractivity contribution in [1.82, 2.24) is 0 Å². The van der Waals surface area contributed by atoms with Crippen molar-refractivity contribution in [3.63, 3.8) is 0 Å². The Morgan fingerprint density at radius 3 is 2.10 bits per heavy atom. The standard InChI is InChI=1S/C4H8O2.CH3NO2/c1-4(6)2-3-5;2-1(3)4/h3-4,6H,2H2,1H3;2H2,(H,3,4). The maximum Gasteiger partial charge on any atom is 0.402 e. The Balaban J connectivity index is 0. The highest BCUT2D eigenvalue weighted by molar-refractivity contribution is 5.61. The van der Waals surface area contributed by atoms with Gasteiger partial charge < -0.3 is 20.7 Å². The highest BCUT2D eigenvalue weighted by atomic mass is 16.4. The fourth-order valence-corrected chi connectivity index (χ4v) is 0.139. The van der Waals surface area contributed by atoms with Crippen molar-refractivity contribution in [1.29, 1.82) is 0 Å². The highest BCUT2D eigenvalue weighted by Gasteiger charge is 1.87. The lowest BCUT2D eigenvalue weighted by Gasteiger charge is -1.89. The molecule has 0 aromatic carbocycles. The van der Waals surface area contributed by atoms with E-state index < -0.39 is 12.2 Å². The van der Waals surface area contributed by atoms with E-state index in [9.17, 15) is 4.79 Å². The molecule has 0 aliphatic carbocycles. The van der Waals surface area contributed by atoms with E-state index in [1.165, 1.54) is 0 Å². The molecule has 0 fully saturated rings. The maximum atomic E-state index is 9.46. The molecule has 5 nitrogen and oxygen atoms in total. The third kappa shape index (κ3) is 66.5. The summed E-state index contributed by atoms with van der Waals surface area (Å²) in [5.41, 5.74) is 4.03. The van der Waals surface area contributed by atoms with Crippen LogP contribution in [0.3, 0.4) is 0 Å². The van der Waals surface area contributed by atoms with Crippen LogP contribution in [0.15, 0.2) is 0 Å². The molecule has 0 radical (unpaired) electrons. The van der Waals surface area contributed by atoms with Gasteiger partial charge in [0.15, 0.2) is 0 Å². The minimum absolute atomic E-state index is 0.250. The lowest BCUT2D eigenvalue weighted by molar-refractivity contribution is -0.109. The van der Waals surface area contributed by atoms with E-state index in [4.69, 9.17) is 15.0 Å². The summed E-state index contributed by atoms with van der Waals surface area (Å²) < 4.78 is 0. The summed E-state index contributed by atoms with van der Waals surface area (Å²) in [7, 11) is 0. The minimum atomic E-state index is -1.33. The van der Waals surface area contributed by atoms with Gasteiger partial charge in [-0.15, -0.1) is 0 Å². The first-order valence-corrected chi connectivity index (χ1v) is 2.60. The Bertz CT molecular complexity index is 97.8. The largest absolute Gasteiger partial charge is 0.465 e. The first-order chi connectivity index (χ1) is 4.50. The first kappa shape index (κ1) is 11.7. The molecule has 0 spiro atoms. The number of carbonyl (C=O) groups excluding carboxylic acids is 1. The molecule has 1 amide bonds. The first-order valence-electron chi connectivity index (χ1n) is 2.60. The Kier molecular flexibility index (Phi) is 9.22. The minimum Gasteiger partial charge on any atom is -0.465 e. The number of aliphatic hydroxyl groups excluding tert-OH is 1. The van der Waals surface area contributed by atoms with Crippen molar-refractivity contribution in [3.05, 3.63) is 0 Å².